The van der Waals surface area contributed by atoms with E-state index in [4.69, 9.17) is 11.6 Å². The first kappa shape index (κ1) is 7.95. The van der Waals surface area contributed by atoms with Gasteiger partial charge in [0.25, 0.3) is 0 Å². The zero-order valence-corrected chi connectivity index (χ0v) is 6.00. The first-order valence-corrected chi connectivity index (χ1v) is 2.75. The third-order valence-corrected chi connectivity index (χ3v) is 0.721. The number of rotatable bonds is 3. The molecule has 8 heavy (non-hydrogen) atoms. The van der Waals surface area contributed by atoms with Gasteiger partial charge in [0.1, 0.15) is 0 Å². The van der Waals surface area contributed by atoms with Crippen LogP contribution >= 0.6 is 11.6 Å². The fraction of sp³-hybridized carbons (Fsp3) is 0.600. The number of hydrazine groups is 1. The fourth-order valence-electron chi connectivity index (χ4n) is 0.244. The molecule has 48 valence electrons. The molecule has 0 fully saturated rings. The molecule has 0 spiro atoms. The summed E-state index contributed by atoms with van der Waals surface area (Å²) in [6.45, 7) is 4.14. The summed E-state index contributed by atoms with van der Waals surface area (Å²) >= 11 is 5.44. The maximum atomic E-state index is 5.44. The zero-order chi connectivity index (χ0) is 6.57. The second kappa shape index (κ2) is 3.89. The summed E-state index contributed by atoms with van der Waals surface area (Å²) in [5.74, 6) is 0. The summed E-state index contributed by atoms with van der Waals surface area (Å²) in [4.78, 5) is 0. The van der Waals surface area contributed by atoms with Crippen LogP contribution in [0.15, 0.2) is 11.6 Å². The monoisotopic (exact) mass is 134 g/mol. The van der Waals surface area contributed by atoms with Crippen LogP contribution in [0, 0.1) is 0 Å². The fourth-order valence-corrected chi connectivity index (χ4v) is 0.304. The quantitative estimate of drug-likeness (QED) is 0.575. The topological polar surface area (TPSA) is 15.3 Å². The van der Waals surface area contributed by atoms with Crippen molar-refractivity contribution in [3.8, 4) is 0 Å². The summed E-state index contributed by atoms with van der Waals surface area (Å²) < 4.78 is 0. The lowest BCUT2D eigenvalue weighted by Gasteiger charge is -2.09. The molecule has 0 saturated carbocycles. The van der Waals surface area contributed by atoms with Gasteiger partial charge in [0.2, 0.25) is 0 Å². The Balaban J connectivity index is 3.05. The molecule has 2 nitrogen and oxygen atoms in total. The van der Waals surface area contributed by atoms with Crippen LogP contribution in [0.3, 0.4) is 0 Å². The smallest absolute Gasteiger partial charge is 0.0455 e. The Kier molecular flexibility index (Phi) is 3.87. The lowest BCUT2D eigenvalue weighted by Crippen LogP contribution is -2.31. The number of halogens is 1. The van der Waals surface area contributed by atoms with Crippen molar-refractivity contribution in [2.75, 3.05) is 20.6 Å². The molecule has 0 rings (SSSR count). The first-order valence-electron chi connectivity index (χ1n) is 2.37. The number of hydrogen-bond donors (Lipinski definition) is 1. The number of nitrogens with one attached hydrogen (secondary N) is 1. The highest BCUT2D eigenvalue weighted by molar-refractivity contribution is 6.29. The van der Waals surface area contributed by atoms with Crippen LogP contribution in [0.4, 0.5) is 0 Å². The molecule has 0 aromatic carbocycles. The largest absolute Gasteiger partial charge is 0.250 e. The van der Waals surface area contributed by atoms with E-state index in [1.165, 1.54) is 0 Å². The van der Waals surface area contributed by atoms with Crippen LogP contribution in [0.2, 0.25) is 0 Å². The van der Waals surface area contributed by atoms with Gasteiger partial charge in [-0.2, -0.15) is 0 Å². The molecule has 0 aliphatic carbocycles. The highest BCUT2D eigenvalue weighted by Gasteiger charge is 1.86. The van der Waals surface area contributed by atoms with Crippen molar-refractivity contribution in [2.24, 2.45) is 0 Å². The molecule has 0 aliphatic rings. The molecule has 0 unspecified atom stereocenters. The van der Waals surface area contributed by atoms with Crippen LogP contribution in [0.5, 0.6) is 0 Å². The standard InChI is InChI=1S/C5H11ClN2/c1-5(6)4-7-8(2)3/h7H,1,4H2,2-3H3. The van der Waals surface area contributed by atoms with E-state index in [-0.39, 0.29) is 0 Å². The van der Waals surface area contributed by atoms with Gasteiger partial charge in [0, 0.05) is 25.7 Å². The Morgan fingerprint density at radius 3 is 2.38 bits per heavy atom. The maximum Gasteiger partial charge on any atom is 0.0455 e. The van der Waals surface area contributed by atoms with Gasteiger partial charge in [-0.1, -0.05) is 18.2 Å². The van der Waals surface area contributed by atoms with Crippen molar-refractivity contribution in [3.63, 3.8) is 0 Å². The highest BCUT2D eigenvalue weighted by atomic mass is 35.5. The minimum Gasteiger partial charge on any atom is -0.250 e. The molecule has 0 heterocycles. The SMILES string of the molecule is C=C(Cl)CNN(C)C. The molecule has 0 aromatic heterocycles. The predicted molar refractivity (Wildman–Crippen MR) is 36.7 cm³/mol. The first-order chi connectivity index (χ1) is 3.63. The second-order valence-electron chi connectivity index (χ2n) is 1.75. The minimum absolute atomic E-state index is 0.624. The van der Waals surface area contributed by atoms with Crippen molar-refractivity contribution in [1.82, 2.24) is 10.4 Å². The van der Waals surface area contributed by atoms with Crippen molar-refractivity contribution >= 4 is 11.6 Å². The van der Waals surface area contributed by atoms with E-state index in [0.29, 0.717) is 11.6 Å². The van der Waals surface area contributed by atoms with E-state index in [2.05, 4.69) is 12.0 Å². The number of hydrogen-bond acceptors (Lipinski definition) is 2. The summed E-state index contributed by atoms with van der Waals surface area (Å²) in [6, 6.07) is 0. The van der Waals surface area contributed by atoms with Crippen LogP contribution in [-0.2, 0) is 0 Å². The van der Waals surface area contributed by atoms with Crippen LogP contribution in [0.25, 0.3) is 0 Å². The maximum absolute atomic E-state index is 5.44. The van der Waals surface area contributed by atoms with Gasteiger partial charge < -0.3 is 0 Å². The normalized spacial score (nSPS) is 10.0. The average molecular weight is 135 g/mol. The summed E-state index contributed by atoms with van der Waals surface area (Å²) in [5, 5.41) is 2.45. The Morgan fingerprint density at radius 1 is 1.75 bits per heavy atom. The highest BCUT2D eigenvalue weighted by Crippen LogP contribution is 1.91. The molecular weight excluding hydrogens is 124 g/mol. The van der Waals surface area contributed by atoms with Crippen LogP contribution in [-0.4, -0.2) is 25.6 Å². The van der Waals surface area contributed by atoms with Gasteiger partial charge in [0.15, 0.2) is 0 Å². The summed E-state index contributed by atoms with van der Waals surface area (Å²) in [5.41, 5.74) is 2.95. The van der Waals surface area contributed by atoms with Crippen LogP contribution in [0.1, 0.15) is 0 Å². The van der Waals surface area contributed by atoms with Crippen LogP contribution < -0.4 is 5.43 Å². The molecule has 0 radical (unpaired) electrons. The molecule has 0 atom stereocenters. The second-order valence-corrected chi connectivity index (χ2v) is 2.28. The lowest BCUT2D eigenvalue weighted by atomic mass is 10.6. The van der Waals surface area contributed by atoms with E-state index >= 15 is 0 Å². The van der Waals surface area contributed by atoms with E-state index in [1.807, 2.05) is 19.1 Å². The molecule has 1 N–H and O–H groups in total. The third-order valence-electron chi connectivity index (χ3n) is 0.587. The van der Waals surface area contributed by atoms with Crippen molar-refractivity contribution in [1.29, 1.82) is 0 Å². The van der Waals surface area contributed by atoms with Gasteiger partial charge in [-0.15, -0.1) is 0 Å². The van der Waals surface area contributed by atoms with Gasteiger partial charge in [-0.3, -0.25) is 10.4 Å². The van der Waals surface area contributed by atoms with Gasteiger partial charge >= 0.3 is 0 Å². The molecule has 0 bridgehead atoms. The Hall–Kier alpha value is -0.0500. The molecular formula is C5H11ClN2. The van der Waals surface area contributed by atoms with Crippen molar-refractivity contribution < 1.29 is 0 Å². The Bertz CT molecular complexity index is 80.5. The number of nitrogens with zero attached hydrogens (tertiary/aromatic N) is 1. The van der Waals surface area contributed by atoms with Crippen molar-refractivity contribution in [3.05, 3.63) is 11.6 Å². The molecule has 0 aliphatic heterocycles. The van der Waals surface area contributed by atoms with Gasteiger partial charge in [-0.25, -0.2) is 0 Å². The molecule has 0 amide bonds. The Labute approximate surface area is 55.1 Å². The van der Waals surface area contributed by atoms with Gasteiger partial charge in [0.05, 0.1) is 0 Å². The third kappa shape index (κ3) is 5.95. The van der Waals surface area contributed by atoms with E-state index < -0.39 is 0 Å². The van der Waals surface area contributed by atoms with E-state index in [9.17, 15) is 0 Å². The average Bonchev–Trinajstić information content (AvgIpc) is 1.61. The van der Waals surface area contributed by atoms with Gasteiger partial charge in [-0.05, 0) is 0 Å². The summed E-state index contributed by atoms with van der Waals surface area (Å²) in [6.07, 6.45) is 0. The Morgan fingerprint density at radius 2 is 2.25 bits per heavy atom. The molecule has 0 saturated heterocycles. The zero-order valence-electron chi connectivity index (χ0n) is 5.24. The lowest BCUT2D eigenvalue weighted by molar-refractivity contribution is 0.305. The van der Waals surface area contributed by atoms with Crippen molar-refractivity contribution in [2.45, 2.75) is 0 Å². The minimum atomic E-state index is 0.624. The van der Waals surface area contributed by atoms with E-state index in [0.717, 1.165) is 0 Å². The van der Waals surface area contributed by atoms with E-state index in [1.54, 1.807) is 0 Å². The predicted octanol–water partition coefficient (Wildman–Crippen LogP) is 0.805. The molecule has 3 heteroatoms. The summed E-state index contributed by atoms with van der Waals surface area (Å²) in [7, 11) is 3.81. The molecule has 0 aromatic rings.